The van der Waals surface area contributed by atoms with E-state index in [0.29, 0.717) is 5.56 Å². The maximum absolute atomic E-state index is 10.5. The predicted molar refractivity (Wildman–Crippen MR) is 69.7 cm³/mol. The highest BCUT2D eigenvalue weighted by Crippen LogP contribution is 2.11. The van der Waals surface area contributed by atoms with Gasteiger partial charge in [0, 0.05) is 5.56 Å². The quantitative estimate of drug-likeness (QED) is 0.528. The minimum atomic E-state index is 0.682. The van der Waals surface area contributed by atoms with E-state index in [1.165, 1.54) is 6.42 Å². The molecule has 1 N–H and O–H groups in total. The van der Waals surface area contributed by atoms with Crippen LogP contribution in [0, 0.1) is 0 Å². The van der Waals surface area contributed by atoms with E-state index in [2.05, 4.69) is 12.2 Å². The van der Waals surface area contributed by atoms with Gasteiger partial charge in [0.15, 0.2) is 0 Å². The molecule has 3 nitrogen and oxygen atoms in total. The first-order valence-electron chi connectivity index (χ1n) is 6.25. The normalized spacial score (nSPS) is 10.2. The molecule has 0 radical (unpaired) electrons. The first kappa shape index (κ1) is 13.7. The van der Waals surface area contributed by atoms with Crippen molar-refractivity contribution in [3.8, 4) is 5.75 Å². The molecule has 0 fully saturated rings. The van der Waals surface area contributed by atoms with Crippen LogP contribution in [0.5, 0.6) is 5.75 Å². The van der Waals surface area contributed by atoms with Crippen molar-refractivity contribution >= 4 is 6.29 Å². The van der Waals surface area contributed by atoms with Crippen LogP contribution in [0.2, 0.25) is 0 Å². The van der Waals surface area contributed by atoms with E-state index in [-0.39, 0.29) is 0 Å². The molecule has 0 aliphatic carbocycles. The van der Waals surface area contributed by atoms with Gasteiger partial charge in [0.25, 0.3) is 0 Å². The summed E-state index contributed by atoms with van der Waals surface area (Å²) in [7, 11) is 0. The molecule has 0 aromatic heterocycles. The summed E-state index contributed by atoms with van der Waals surface area (Å²) in [6.07, 6.45) is 4.20. The zero-order valence-electron chi connectivity index (χ0n) is 10.4. The smallest absolute Gasteiger partial charge is 0.150 e. The number of unbranched alkanes of at least 4 members (excludes halogenated alkanes) is 1. The summed E-state index contributed by atoms with van der Waals surface area (Å²) in [6.45, 7) is 5.04. The highest BCUT2D eigenvalue weighted by molar-refractivity contribution is 5.74. The summed E-state index contributed by atoms with van der Waals surface area (Å²) in [5.41, 5.74) is 0.682. The van der Waals surface area contributed by atoms with Gasteiger partial charge in [-0.1, -0.05) is 6.92 Å². The van der Waals surface area contributed by atoms with E-state index in [1.807, 2.05) is 12.1 Å². The van der Waals surface area contributed by atoms with Crippen LogP contribution in [0.1, 0.15) is 36.5 Å². The Bertz CT molecular complexity index is 309. The standard InChI is InChI=1S/C14H21NO2/c1-2-9-15-10-3-4-11-17-14-7-5-13(12-16)6-8-14/h5-8,12,15H,2-4,9-11H2,1H3. The molecule has 0 heterocycles. The summed E-state index contributed by atoms with van der Waals surface area (Å²) in [4.78, 5) is 10.5. The number of rotatable bonds is 9. The molecule has 0 aliphatic rings. The van der Waals surface area contributed by atoms with Crippen molar-refractivity contribution in [2.75, 3.05) is 19.7 Å². The molecule has 1 rings (SSSR count). The lowest BCUT2D eigenvalue weighted by Gasteiger charge is -2.06. The largest absolute Gasteiger partial charge is 0.494 e. The molecule has 0 aliphatic heterocycles. The van der Waals surface area contributed by atoms with Gasteiger partial charge < -0.3 is 10.1 Å². The van der Waals surface area contributed by atoms with Gasteiger partial charge in [0.1, 0.15) is 12.0 Å². The highest BCUT2D eigenvalue weighted by atomic mass is 16.5. The topological polar surface area (TPSA) is 38.3 Å². The zero-order chi connectivity index (χ0) is 12.3. The summed E-state index contributed by atoms with van der Waals surface area (Å²) >= 11 is 0. The maximum atomic E-state index is 10.5. The molecule has 0 saturated carbocycles. The lowest BCUT2D eigenvalue weighted by molar-refractivity contribution is 0.112. The lowest BCUT2D eigenvalue weighted by atomic mass is 10.2. The van der Waals surface area contributed by atoms with Crippen LogP contribution in [0.3, 0.4) is 0 Å². The Balaban J connectivity index is 2.07. The predicted octanol–water partition coefficient (Wildman–Crippen LogP) is 2.66. The van der Waals surface area contributed by atoms with E-state index in [4.69, 9.17) is 4.74 Å². The van der Waals surface area contributed by atoms with Crippen molar-refractivity contribution < 1.29 is 9.53 Å². The van der Waals surface area contributed by atoms with Crippen LogP contribution in [0.15, 0.2) is 24.3 Å². The molecule has 0 atom stereocenters. The Labute approximate surface area is 103 Å². The number of hydrogen-bond donors (Lipinski definition) is 1. The number of aldehydes is 1. The summed E-state index contributed by atoms with van der Waals surface area (Å²) in [5.74, 6) is 0.831. The number of nitrogens with one attached hydrogen (secondary N) is 1. The van der Waals surface area contributed by atoms with Gasteiger partial charge in [-0.2, -0.15) is 0 Å². The van der Waals surface area contributed by atoms with E-state index < -0.39 is 0 Å². The Morgan fingerprint density at radius 3 is 2.59 bits per heavy atom. The molecule has 0 saturated heterocycles. The van der Waals surface area contributed by atoms with Gasteiger partial charge in [-0.3, -0.25) is 4.79 Å². The van der Waals surface area contributed by atoms with Crippen molar-refractivity contribution in [1.82, 2.24) is 5.32 Å². The SMILES string of the molecule is CCCNCCCCOc1ccc(C=O)cc1. The molecule has 1 aromatic rings. The van der Waals surface area contributed by atoms with Gasteiger partial charge in [-0.15, -0.1) is 0 Å². The third kappa shape index (κ3) is 6.07. The van der Waals surface area contributed by atoms with Gasteiger partial charge in [0.2, 0.25) is 0 Å². The van der Waals surface area contributed by atoms with Crippen LogP contribution in [0.4, 0.5) is 0 Å². The maximum Gasteiger partial charge on any atom is 0.150 e. The molecule has 0 spiro atoms. The first-order valence-corrected chi connectivity index (χ1v) is 6.25. The molecule has 0 bridgehead atoms. The monoisotopic (exact) mass is 235 g/mol. The van der Waals surface area contributed by atoms with Crippen LogP contribution in [0.25, 0.3) is 0 Å². The van der Waals surface area contributed by atoms with Crippen molar-refractivity contribution in [2.45, 2.75) is 26.2 Å². The fourth-order valence-corrected chi connectivity index (χ4v) is 1.49. The minimum absolute atomic E-state index is 0.682. The van der Waals surface area contributed by atoms with Gasteiger partial charge >= 0.3 is 0 Å². The Morgan fingerprint density at radius 1 is 1.18 bits per heavy atom. The van der Waals surface area contributed by atoms with Crippen molar-refractivity contribution in [3.63, 3.8) is 0 Å². The average molecular weight is 235 g/mol. The molecule has 0 amide bonds. The number of hydrogen-bond acceptors (Lipinski definition) is 3. The summed E-state index contributed by atoms with van der Waals surface area (Å²) in [5, 5.41) is 3.35. The lowest BCUT2D eigenvalue weighted by Crippen LogP contribution is -2.16. The number of carbonyl (C=O) groups excluding carboxylic acids is 1. The van der Waals surface area contributed by atoms with Crippen molar-refractivity contribution in [2.24, 2.45) is 0 Å². The van der Waals surface area contributed by atoms with Crippen molar-refractivity contribution in [1.29, 1.82) is 0 Å². The third-order valence-electron chi connectivity index (χ3n) is 2.46. The van der Waals surface area contributed by atoms with E-state index >= 15 is 0 Å². The molecule has 17 heavy (non-hydrogen) atoms. The molecular weight excluding hydrogens is 214 g/mol. The average Bonchev–Trinajstić information content (AvgIpc) is 2.38. The summed E-state index contributed by atoms with van der Waals surface area (Å²) in [6, 6.07) is 7.20. The Kier molecular flexibility index (Phi) is 7.07. The van der Waals surface area contributed by atoms with E-state index in [1.54, 1.807) is 12.1 Å². The Hall–Kier alpha value is -1.35. The second-order valence-corrected chi connectivity index (χ2v) is 3.99. The zero-order valence-corrected chi connectivity index (χ0v) is 10.4. The number of carbonyl (C=O) groups is 1. The van der Waals surface area contributed by atoms with Crippen LogP contribution < -0.4 is 10.1 Å². The fourth-order valence-electron chi connectivity index (χ4n) is 1.49. The number of ether oxygens (including phenoxy) is 1. The molecule has 94 valence electrons. The molecular formula is C14H21NO2. The molecule has 1 aromatic carbocycles. The highest BCUT2D eigenvalue weighted by Gasteiger charge is 1.94. The van der Waals surface area contributed by atoms with Crippen LogP contribution >= 0.6 is 0 Å². The molecule has 3 heteroatoms. The fraction of sp³-hybridized carbons (Fsp3) is 0.500. The molecule has 0 unspecified atom stereocenters. The van der Waals surface area contributed by atoms with Crippen LogP contribution in [-0.4, -0.2) is 26.0 Å². The van der Waals surface area contributed by atoms with Crippen LogP contribution in [-0.2, 0) is 0 Å². The second-order valence-electron chi connectivity index (χ2n) is 3.99. The first-order chi connectivity index (χ1) is 8.36. The Morgan fingerprint density at radius 2 is 1.94 bits per heavy atom. The van der Waals surface area contributed by atoms with Gasteiger partial charge in [-0.25, -0.2) is 0 Å². The van der Waals surface area contributed by atoms with Gasteiger partial charge in [-0.05, 0) is 56.6 Å². The van der Waals surface area contributed by atoms with E-state index in [0.717, 1.165) is 44.6 Å². The number of benzene rings is 1. The van der Waals surface area contributed by atoms with Gasteiger partial charge in [0.05, 0.1) is 6.61 Å². The van der Waals surface area contributed by atoms with Crippen molar-refractivity contribution in [3.05, 3.63) is 29.8 Å². The second kappa shape index (κ2) is 8.76. The minimum Gasteiger partial charge on any atom is -0.494 e. The third-order valence-corrected chi connectivity index (χ3v) is 2.46. The summed E-state index contributed by atoms with van der Waals surface area (Å²) < 4.78 is 5.57. The van der Waals surface area contributed by atoms with E-state index in [9.17, 15) is 4.79 Å².